The number of aryl methyl sites for hydroxylation is 1. The van der Waals surface area contributed by atoms with Gasteiger partial charge in [-0.1, -0.05) is 38.4 Å². The minimum absolute atomic E-state index is 0.394. The van der Waals surface area contributed by atoms with Crippen molar-refractivity contribution in [3.8, 4) is 0 Å². The minimum Gasteiger partial charge on any atom is -0.389 e. The third-order valence-electron chi connectivity index (χ3n) is 4.40. The molecule has 1 saturated carbocycles. The van der Waals surface area contributed by atoms with Gasteiger partial charge in [-0.05, 0) is 38.2 Å². The summed E-state index contributed by atoms with van der Waals surface area (Å²) < 4.78 is 0. The van der Waals surface area contributed by atoms with Gasteiger partial charge in [-0.15, -0.1) is 5.10 Å². The summed E-state index contributed by atoms with van der Waals surface area (Å²) in [4.78, 5) is 0.394. The molecule has 0 radical (unpaired) electrons. The first-order chi connectivity index (χ1) is 9.52. The Morgan fingerprint density at radius 2 is 2.10 bits per heavy atom. The van der Waals surface area contributed by atoms with Crippen molar-refractivity contribution < 1.29 is 0 Å². The Morgan fingerprint density at radius 1 is 1.35 bits per heavy atom. The second kappa shape index (κ2) is 6.48. The summed E-state index contributed by atoms with van der Waals surface area (Å²) in [5, 5.41) is 12.0. The Bertz CT molecular complexity index is 501. The Hall–Kier alpha value is -1.23. The maximum atomic E-state index is 5.87. The molecule has 0 amide bonds. The lowest BCUT2D eigenvalue weighted by Crippen LogP contribution is -2.29. The molecule has 20 heavy (non-hydrogen) atoms. The number of hydrogen-bond acceptors (Lipinski definition) is 4. The summed E-state index contributed by atoms with van der Waals surface area (Å²) in [6, 6.07) is 0.457. The summed E-state index contributed by atoms with van der Waals surface area (Å²) in [6.45, 7) is 6.20. The van der Waals surface area contributed by atoms with E-state index in [9.17, 15) is 0 Å². The second-order valence-corrected chi connectivity index (χ2v) is 6.22. The molecule has 1 aromatic rings. The van der Waals surface area contributed by atoms with Crippen molar-refractivity contribution in [2.24, 2.45) is 11.7 Å². The normalized spacial score (nSPS) is 22.6. The number of nitrogens with two attached hydrogens (primary N) is 1. The zero-order valence-corrected chi connectivity index (χ0v) is 13.4. The van der Waals surface area contributed by atoms with Crippen molar-refractivity contribution in [2.75, 3.05) is 5.32 Å². The number of nitrogens with zero attached hydrogens (tertiary/aromatic N) is 2. The van der Waals surface area contributed by atoms with Gasteiger partial charge < -0.3 is 11.1 Å². The predicted octanol–water partition coefficient (Wildman–Crippen LogP) is 3.11. The molecule has 0 saturated heterocycles. The molecule has 0 spiro atoms. The first-order valence-corrected chi connectivity index (χ1v) is 7.84. The largest absolute Gasteiger partial charge is 0.389 e. The number of anilines is 1. The van der Waals surface area contributed by atoms with E-state index < -0.39 is 0 Å². The summed E-state index contributed by atoms with van der Waals surface area (Å²) in [5.74, 6) is 1.57. The van der Waals surface area contributed by atoms with Crippen molar-refractivity contribution >= 4 is 23.0 Å². The van der Waals surface area contributed by atoms with Gasteiger partial charge in [0.2, 0.25) is 0 Å². The molecule has 1 aliphatic rings. The highest BCUT2D eigenvalue weighted by Crippen LogP contribution is 2.29. The molecule has 1 aromatic heterocycles. The zero-order valence-electron chi connectivity index (χ0n) is 12.6. The molecule has 2 rings (SSSR count). The zero-order chi connectivity index (χ0) is 14.7. The number of thiocarbonyl (C=S) groups is 1. The van der Waals surface area contributed by atoms with Crippen molar-refractivity contribution in [1.82, 2.24) is 10.2 Å². The van der Waals surface area contributed by atoms with Crippen molar-refractivity contribution in [1.29, 1.82) is 0 Å². The van der Waals surface area contributed by atoms with E-state index in [1.807, 2.05) is 13.8 Å². The monoisotopic (exact) mass is 292 g/mol. The van der Waals surface area contributed by atoms with Gasteiger partial charge in [-0.3, -0.25) is 0 Å². The van der Waals surface area contributed by atoms with E-state index in [0.29, 0.717) is 11.0 Å². The molecule has 1 fully saturated rings. The van der Waals surface area contributed by atoms with Crippen LogP contribution in [-0.2, 0) is 0 Å². The Balaban J connectivity index is 2.21. The summed E-state index contributed by atoms with van der Waals surface area (Å²) in [6.07, 6.45) is 6.25. The van der Waals surface area contributed by atoms with Gasteiger partial charge in [0, 0.05) is 6.04 Å². The third-order valence-corrected chi connectivity index (χ3v) is 4.61. The van der Waals surface area contributed by atoms with Crippen LogP contribution in [0, 0.1) is 19.8 Å². The average molecular weight is 292 g/mol. The third kappa shape index (κ3) is 3.26. The smallest absolute Gasteiger partial charge is 0.159 e. The van der Waals surface area contributed by atoms with Gasteiger partial charge in [0.05, 0.1) is 11.3 Å². The van der Waals surface area contributed by atoms with Gasteiger partial charge in [0.25, 0.3) is 0 Å². The van der Waals surface area contributed by atoms with Crippen LogP contribution in [0.25, 0.3) is 0 Å². The molecular weight excluding hydrogens is 268 g/mol. The van der Waals surface area contributed by atoms with Gasteiger partial charge in [-0.25, -0.2) is 0 Å². The molecule has 4 nitrogen and oxygen atoms in total. The first-order valence-electron chi connectivity index (χ1n) is 7.43. The van der Waals surface area contributed by atoms with Gasteiger partial charge >= 0.3 is 0 Å². The second-order valence-electron chi connectivity index (χ2n) is 5.78. The Kier molecular flexibility index (Phi) is 4.91. The Labute approximate surface area is 126 Å². The molecule has 110 valence electrons. The molecule has 1 heterocycles. The summed E-state index contributed by atoms with van der Waals surface area (Å²) >= 11 is 5.18. The molecule has 1 aliphatic carbocycles. The lowest BCUT2D eigenvalue weighted by Gasteiger charge is -2.30. The molecule has 2 unspecified atom stereocenters. The van der Waals surface area contributed by atoms with E-state index in [4.69, 9.17) is 18.0 Å². The molecule has 3 N–H and O–H groups in total. The van der Waals surface area contributed by atoms with Gasteiger partial charge in [0.15, 0.2) is 5.82 Å². The van der Waals surface area contributed by atoms with Crippen molar-refractivity contribution in [2.45, 2.75) is 58.9 Å². The predicted molar refractivity (Wildman–Crippen MR) is 87.1 cm³/mol. The van der Waals surface area contributed by atoms with E-state index in [0.717, 1.165) is 28.6 Å². The van der Waals surface area contributed by atoms with Crippen LogP contribution in [0.1, 0.15) is 55.8 Å². The molecule has 5 heteroatoms. The van der Waals surface area contributed by atoms with Crippen LogP contribution in [0.3, 0.4) is 0 Å². The average Bonchev–Trinajstić information content (AvgIpc) is 2.43. The molecule has 2 atom stereocenters. The topological polar surface area (TPSA) is 63.8 Å². The lowest BCUT2D eigenvalue weighted by molar-refractivity contribution is 0.327. The van der Waals surface area contributed by atoms with Crippen LogP contribution in [-0.4, -0.2) is 21.2 Å². The van der Waals surface area contributed by atoms with Crippen LogP contribution in [0.4, 0.5) is 5.82 Å². The molecular formula is C15H24N4S. The highest BCUT2D eigenvalue weighted by molar-refractivity contribution is 7.80. The highest BCUT2D eigenvalue weighted by Gasteiger charge is 2.23. The lowest BCUT2D eigenvalue weighted by atomic mass is 9.84. The maximum absolute atomic E-state index is 5.87. The van der Waals surface area contributed by atoms with Crippen LogP contribution in [0.2, 0.25) is 0 Å². The fourth-order valence-electron chi connectivity index (χ4n) is 3.00. The van der Waals surface area contributed by atoms with Crippen LogP contribution >= 0.6 is 12.2 Å². The van der Waals surface area contributed by atoms with Crippen LogP contribution in [0.15, 0.2) is 0 Å². The van der Waals surface area contributed by atoms with Crippen LogP contribution < -0.4 is 11.1 Å². The minimum atomic E-state index is 0.394. The first kappa shape index (κ1) is 15.2. The van der Waals surface area contributed by atoms with E-state index >= 15 is 0 Å². The fraction of sp³-hybridized carbons (Fsp3) is 0.667. The number of aromatic nitrogens is 2. The standard InChI is InChI=1S/C15H24N4S/c1-4-11-6-5-7-12(8-11)17-15-13(14(16)20)9(2)10(3)18-19-15/h11-12H,4-8H2,1-3H3,(H2,16,20)(H,17,19). The van der Waals surface area contributed by atoms with Crippen molar-refractivity contribution in [3.05, 3.63) is 16.8 Å². The van der Waals surface area contributed by atoms with Crippen LogP contribution in [0.5, 0.6) is 0 Å². The number of rotatable bonds is 4. The molecule has 0 aliphatic heterocycles. The Morgan fingerprint density at radius 3 is 2.75 bits per heavy atom. The van der Waals surface area contributed by atoms with Gasteiger partial charge in [-0.2, -0.15) is 5.10 Å². The summed E-state index contributed by atoms with van der Waals surface area (Å²) in [7, 11) is 0. The molecule has 0 bridgehead atoms. The number of nitrogens with one attached hydrogen (secondary N) is 1. The quantitative estimate of drug-likeness (QED) is 0.835. The van der Waals surface area contributed by atoms with E-state index in [-0.39, 0.29) is 0 Å². The maximum Gasteiger partial charge on any atom is 0.159 e. The summed E-state index contributed by atoms with van der Waals surface area (Å²) in [5.41, 5.74) is 8.63. The highest BCUT2D eigenvalue weighted by atomic mass is 32.1. The van der Waals surface area contributed by atoms with Gasteiger partial charge in [0.1, 0.15) is 4.99 Å². The number of hydrogen-bond donors (Lipinski definition) is 2. The SMILES string of the molecule is CCC1CCCC(Nc2nnc(C)c(C)c2C(N)=S)C1. The molecule has 0 aromatic carbocycles. The van der Waals surface area contributed by atoms with Crippen molar-refractivity contribution in [3.63, 3.8) is 0 Å². The van der Waals surface area contributed by atoms with E-state index in [1.54, 1.807) is 0 Å². The fourth-order valence-corrected chi connectivity index (χ4v) is 3.25. The van der Waals surface area contributed by atoms with E-state index in [2.05, 4.69) is 22.4 Å². The van der Waals surface area contributed by atoms with E-state index in [1.165, 1.54) is 32.1 Å².